The number of methoxy groups -OCH3 is 2. The maximum Gasteiger partial charge on any atom is 0.342 e. The van der Waals surface area contributed by atoms with Crippen LogP contribution in [-0.4, -0.2) is 50.1 Å². The summed E-state index contributed by atoms with van der Waals surface area (Å²) in [6, 6.07) is 11.7. The molecular formula is C21H21NO6. The van der Waals surface area contributed by atoms with Crippen LogP contribution in [0.1, 0.15) is 43.9 Å². The summed E-state index contributed by atoms with van der Waals surface area (Å²) in [7, 11) is 2.95. The Kier molecular flexibility index (Phi) is 5.93. The number of hydrogen-bond acceptors (Lipinski definition) is 6. The van der Waals surface area contributed by atoms with Crippen LogP contribution in [-0.2, 0) is 4.74 Å². The van der Waals surface area contributed by atoms with Crippen molar-refractivity contribution in [3.05, 3.63) is 59.2 Å². The molecule has 1 aliphatic heterocycles. The second kappa shape index (κ2) is 8.56. The van der Waals surface area contributed by atoms with Crippen LogP contribution in [0.2, 0.25) is 0 Å². The van der Waals surface area contributed by atoms with E-state index in [0.29, 0.717) is 35.5 Å². The predicted molar refractivity (Wildman–Crippen MR) is 101 cm³/mol. The van der Waals surface area contributed by atoms with E-state index in [4.69, 9.17) is 14.2 Å². The van der Waals surface area contributed by atoms with E-state index in [2.05, 4.69) is 0 Å². The summed E-state index contributed by atoms with van der Waals surface area (Å²) in [5, 5.41) is 0. The van der Waals surface area contributed by atoms with E-state index in [1.807, 2.05) is 0 Å². The van der Waals surface area contributed by atoms with Gasteiger partial charge in [-0.1, -0.05) is 18.2 Å². The van der Waals surface area contributed by atoms with E-state index in [0.717, 1.165) is 0 Å². The standard InChI is InChI=1S/C21H21NO6/c1-26-17-11-7-10-16(18(17)27-2)21(25)28-13-6-5-12-22-19(23)14-8-3-4-9-15(14)20(22)24/h3-4,7-11H,5-6,12-13H2,1-2H3. The zero-order valence-electron chi connectivity index (χ0n) is 15.8. The third-order valence-electron chi connectivity index (χ3n) is 4.51. The first-order chi connectivity index (χ1) is 13.6. The fraction of sp³-hybridized carbons (Fsp3) is 0.286. The van der Waals surface area contributed by atoms with Gasteiger partial charge in [0, 0.05) is 6.54 Å². The molecular weight excluding hydrogens is 362 g/mol. The van der Waals surface area contributed by atoms with Crippen molar-refractivity contribution in [3.63, 3.8) is 0 Å². The molecule has 7 nitrogen and oxygen atoms in total. The molecule has 0 spiro atoms. The van der Waals surface area contributed by atoms with Gasteiger partial charge in [0.05, 0.1) is 32.0 Å². The lowest BCUT2D eigenvalue weighted by molar-refractivity contribution is 0.0481. The number of esters is 1. The lowest BCUT2D eigenvalue weighted by Crippen LogP contribution is -2.30. The second-order valence-corrected chi connectivity index (χ2v) is 6.19. The second-order valence-electron chi connectivity index (χ2n) is 6.19. The van der Waals surface area contributed by atoms with Crippen molar-refractivity contribution in [3.8, 4) is 11.5 Å². The van der Waals surface area contributed by atoms with Crippen LogP contribution in [0.4, 0.5) is 0 Å². The normalized spacial score (nSPS) is 12.7. The summed E-state index contributed by atoms with van der Waals surface area (Å²) in [4.78, 5) is 38.1. The Bertz CT molecular complexity index is 873. The number of benzene rings is 2. The molecule has 0 saturated heterocycles. The first kappa shape index (κ1) is 19.4. The molecule has 0 radical (unpaired) electrons. The van der Waals surface area contributed by atoms with Crippen LogP contribution in [0.15, 0.2) is 42.5 Å². The maximum absolute atomic E-state index is 12.3. The molecule has 3 rings (SSSR count). The SMILES string of the molecule is COc1cccc(C(=O)OCCCCN2C(=O)c3ccccc3C2=O)c1OC. The molecule has 1 aliphatic rings. The van der Waals surface area contributed by atoms with Gasteiger partial charge in [-0.3, -0.25) is 14.5 Å². The number of para-hydroxylation sites is 1. The number of ether oxygens (including phenoxy) is 3. The molecule has 0 aliphatic carbocycles. The molecule has 7 heteroatoms. The third-order valence-corrected chi connectivity index (χ3v) is 4.51. The number of fused-ring (bicyclic) bond motifs is 1. The summed E-state index contributed by atoms with van der Waals surface area (Å²) in [5.74, 6) is -0.308. The highest BCUT2D eigenvalue weighted by Crippen LogP contribution is 2.31. The van der Waals surface area contributed by atoms with Gasteiger partial charge in [-0.05, 0) is 37.1 Å². The molecule has 1 heterocycles. The highest BCUT2D eigenvalue weighted by molar-refractivity contribution is 6.21. The number of carbonyl (C=O) groups excluding carboxylic acids is 3. The zero-order chi connectivity index (χ0) is 20.1. The Balaban J connectivity index is 1.49. The van der Waals surface area contributed by atoms with Crippen molar-refractivity contribution in [1.82, 2.24) is 4.90 Å². The van der Waals surface area contributed by atoms with Crippen molar-refractivity contribution >= 4 is 17.8 Å². The van der Waals surface area contributed by atoms with Crippen molar-refractivity contribution in [2.24, 2.45) is 0 Å². The van der Waals surface area contributed by atoms with Gasteiger partial charge in [-0.2, -0.15) is 0 Å². The molecule has 0 bridgehead atoms. The summed E-state index contributed by atoms with van der Waals surface area (Å²) in [6.45, 7) is 0.453. The predicted octanol–water partition coefficient (Wildman–Crippen LogP) is 2.94. The Hall–Kier alpha value is -3.35. The van der Waals surface area contributed by atoms with Gasteiger partial charge in [0.1, 0.15) is 5.56 Å². The smallest absolute Gasteiger partial charge is 0.342 e. The highest BCUT2D eigenvalue weighted by Gasteiger charge is 2.34. The summed E-state index contributed by atoms with van der Waals surface area (Å²) in [6.07, 6.45) is 1.05. The van der Waals surface area contributed by atoms with Gasteiger partial charge >= 0.3 is 5.97 Å². The molecule has 146 valence electrons. The van der Waals surface area contributed by atoms with E-state index in [1.165, 1.54) is 19.1 Å². The molecule has 0 saturated carbocycles. The fourth-order valence-electron chi connectivity index (χ4n) is 3.10. The number of nitrogens with zero attached hydrogens (tertiary/aromatic N) is 1. The van der Waals surface area contributed by atoms with Crippen molar-refractivity contribution in [1.29, 1.82) is 0 Å². The van der Waals surface area contributed by atoms with Gasteiger partial charge in [-0.15, -0.1) is 0 Å². The van der Waals surface area contributed by atoms with Gasteiger partial charge in [0.2, 0.25) is 0 Å². The van der Waals surface area contributed by atoms with Crippen LogP contribution in [0.25, 0.3) is 0 Å². The van der Waals surface area contributed by atoms with Crippen LogP contribution < -0.4 is 9.47 Å². The van der Waals surface area contributed by atoms with Gasteiger partial charge in [-0.25, -0.2) is 4.79 Å². The molecule has 0 aromatic heterocycles. The van der Waals surface area contributed by atoms with E-state index >= 15 is 0 Å². The molecule has 2 amide bonds. The number of rotatable bonds is 8. The van der Waals surface area contributed by atoms with Crippen LogP contribution >= 0.6 is 0 Å². The maximum atomic E-state index is 12.3. The average molecular weight is 383 g/mol. The van der Waals surface area contributed by atoms with Gasteiger partial charge < -0.3 is 14.2 Å². The first-order valence-electron chi connectivity index (χ1n) is 8.91. The van der Waals surface area contributed by atoms with Crippen molar-refractivity contribution in [2.45, 2.75) is 12.8 Å². The lowest BCUT2D eigenvalue weighted by Gasteiger charge is -2.14. The molecule has 0 N–H and O–H groups in total. The fourth-order valence-corrected chi connectivity index (χ4v) is 3.10. The van der Waals surface area contributed by atoms with E-state index in [9.17, 15) is 14.4 Å². The molecule has 2 aromatic carbocycles. The Morgan fingerprint density at radius 1 is 0.893 bits per heavy atom. The molecule has 0 fully saturated rings. The zero-order valence-corrected chi connectivity index (χ0v) is 15.8. The number of carbonyl (C=O) groups is 3. The summed E-state index contributed by atoms with van der Waals surface area (Å²) in [5.41, 5.74) is 1.15. The minimum absolute atomic E-state index is 0.169. The number of hydrogen-bond donors (Lipinski definition) is 0. The average Bonchev–Trinajstić information content (AvgIpc) is 2.97. The van der Waals surface area contributed by atoms with Gasteiger partial charge in [0.15, 0.2) is 11.5 Å². The molecule has 28 heavy (non-hydrogen) atoms. The number of unbranched alkanes of at least 4 members (excludes halogenated alkanes) is 1. The van der Waals surface area contributed by atoms with Gasteiger partial charge in [0.25, 0.3) is 11.8 Å². The van der Waals surface area contributed by atoms with Crippen LogP contribution in [0.5, 0.6) is 11.5 Å². The minimum Gasteiger partial charge on any atom is -0.493 e. The van der Waals surface area contributed by atoms with Crippen molar-refractivity contribution in [2.75, 3.05) is 27.4 Å². The highest BCUT2D eigenvalue weighted by atomic mass is 16.5. The third kappa shape index (κ3) is 3.69. The van der Waals surface area contributed by atoms with Crippen molar-refractivity contribution < 1.29 is 28.6 Å². The monoisotopic (exact) mass is 383 g/mol. The number of imide groups is 1. The largest absolute Gasteiger partial charge is 0.493 e. The van der Waals surface area contributed by atoms with E-state index in [1.54, 1.807) is 42.5 Å². The first-order valence-corrected chi connectivity index (χ1v) is 8.91. The number of amides is 2. The Morgan fingerprint density at radius 2 is 1.57 bits per heavy atom. The van der Waals surface area contributed by atoms with E-state index in [-0.39, 0.29) is 30.5 Å². The summed E-state index contributed by atoms with van der Waals surface area (Å²) < 4.78 is 15.7. The molecule has 2 aromatic rings. The molecule has 0 unspecified atom stereocenters. The topological polar surface area (TPSA) is 82.1 Å². The Morgan fingerprint density at radius 3 is 2.18 bits per heavy atom. The molecule has 0 atom stereocenters. The van der Waals surface area contributed by atoms with Crippen LogP contribution in [0, 0.1) is 0 Å². The van der Waals surface area contributed by atoms with E-state index < -0.39 is 5.97 Å². The van der Waals surface area contributed by atoms with Crippen LogP contribution in [0.3, 0.4) is 0 Å². The lowest BCUT2D eigenvalue weighted by atomic mass is 10.1. The minimum atomic E-state index is -0.517. The quantitative estimate of drug-likeness (QED) is 0.396. The summed E-state index contributed by atoms with van der Waals surface area (Å²) >= 11 is 0. The Labute approximate surface area is 162 Å².